The first kappa shape index (κ1) is 27.1. The van der Waals surface area contributed by atoms with E-state index < -0.39 is 48.5 Å². The van der Waals surface area contributed by atoms with Crippen molar-refractivity contribution in [2.24, 2.45) is 0 Å². The van der Waals surface area contributed by atoms with E-state index in [1.807, 2.05) is 0 Å². The lowest BCUT2D eigenvalue weighted by Crippen LogP contribution is -2.41. The van der Waals surface area contributed by atoms with Gasteiger partial charge in [0.2, 0.25) is 0 Å². The summed E-state index contributed by atoms with van der Waals surface area (Å²) in [5.41, 5.74) is -1.27. The summed E-state index contributed by atoms with van der Waals surface area (Å²) in [6, 6.07) is 18.5. The van der Waals surface area contributed by atoms with Gasteiger partial charge in [-0.2, -0.15) is 26.3 Å². The first-order valence-electron chi connectivity index (χ1n) is 11.2. The molecule has 1 aromatic heterocycles. The molecule has 1 heterocycles. The van der Waals surface area contributed by atoms with Crippen LogP contribution in [-0.2, 0) is 12.7 Å². The maximum Gasteiger partial charge on any atom is 0.419 e. The van der Waals surface area contributed by atoms with Crippen LogP contribution in [0.4, 0.5) is 36.4 Å². The van der Waals surface area contributed by atoms with Gasteiger partial charge in [-0.25, -0.2) is 4.39 Å². The summed E-state index contributed by atoms with van der Waals surface area (Å²) in [6.07, 6.45) is -11.3. The Hall–Kier alpha value is -3.99. The molecule has 0 aliphatic carbocycles. The van der Waals surface area contributed by atoms with Crippen LogP contribution in [0.15, 0.2) is 89.5 Å². The van der Waals surface area contributed by atoms with Crippen molar-refractivity contribution in [1.29, 1.82) is 0 Å². The van der Waals surface area contributed by atoms with E-state index in [0.717, 1.165) is 17.0 Å². The summed E-state index contributed by atoms with van der Waals surface area (Å²) in [4.78, 5) is 0.933. The van der Waals surface area contributed by atoms with Crippen LogP contribution in [0.1, 0.15) is 11.1 Å². The smallest absolute Gasteiger partial charge is 0.419 e. The number of nitrogens with zero attached hydrogens (tertiary/aromatic N) is 1. The molecule has 0 fully saturated rings. The van der Waals surface area contributed by atoms with Crippen molar-refractivity contribution in [3.8, 4) is 22.8 Å². The molecule has 0 aliphatic rings. The molecule has 0 unspecified atom stereocenters. The van der Waals surface area contributed by atoms with E-state index in [0.29, 0.717) is 23.1 Å². The van der Waals surface area contributed by atoms with Crippen molar-refractivity contribution in [2.75, 3.05) is 11.4 Å². The fraction of sp³-hybridized carbons (Fsp3) is 0.185. The maximum atomic E-state index is 14.7. The number of hydrogen-bond acceptors (Lipinski definition) is 4. The Kier molecular flexibility index (Phi) is 7.68. The summed E-state index contributed by atoms with van der Waals surface area (Å²) < 4.78 is 105. The Labute approximate surface area is 212 Å². The summed E-state index contributed by atoms with van der Waals surface area (Å²) in [5, 5.41) is 9.69. The Morgan fingerprint density at radius 2 is 1.53 bits per heavy atom. The van der Waals surface area contributed by atoms with Gasteiger partial charge in [0.25, 0.3) is 0 Å². The predicted octanol–water partition coefficient (Wildman–Crippen LogP) is 7.83. The number of furan rings is 1. The third-order valence-corrected chi connectivity index (χ3v) is 5.57. The van der Waals surface area contributed by atoms with Gasteiger partial charge in [0.05, 0.1) is 18.4 Å². The molecule has 38 heavy (non-hydrogen) atoms. The van der Waals surface area contributed by atoms with E-state index in [1.165, 1.54) is 30.5 Å². The van der Waals surface area contributed by atoms with Gasteiger partial charge in [0, 0.05) is 29.4 Å². The number of rotatable bonds is 8. The quantitative estimate of drug-likeness (QED) is 0.232. The molecule has 3 aromatic carbocycles. The molecule has 0 amide bonds. The SMILES string of the molecule is O[C@@H](CN(Cc1cccc(C(F)(F)F)c1F)c1cccc(Oc2cccc(-c3ccco3)c2)c1)C(F)(F)F. The van der Waals surface area contributed by atoms with E-state index >= 15 is 0 Å². The summed E-state index contributed by atoms with van der Waals surface area (Å²) in [6.45, 7) is -1.74. The van der Waals surface area contributed by atoms with Crippen LogP contribution >= 0.6 is 0 Å². The van der Waals surface area contributed by atoms with Gasteiger partial charge >= 0.3 is 12.4 Å². The number of anilines is 1. The zero-order valence-electron chi connectivity index (χ0n) is 19.4. The molecule has 1 atom stereocenters. The van der Waals surface area contributed by atoms with Crippen LogP contribution in [0.5, 0.6) is 11.5 Å². The average molecular weight is 539 g/mol. The highest BCUT2D eigenvalue weighted by atomic mass is 19.4. The number of aliphatic hydroxyl groups is 1. The van der Waals surface area contributed by atoms with E-state index in [-0.39, 0.29) is 11.4 Å². The minimum Gasteiger partial charge on any atom is -0.464 e. The highest BCUT2D eigenvalue weighted by Crippen LogP contribution is 2.35. The summed E-state index contributed by atoms with van der Waals surface area (Å²) >= 11 is 0. The Morgan fingerprint density at radius 1 is 0.842 bits per heavy atom. The summed E-state index contributed by atoms with van der Waals surface area (Å²) in [5.74, 6) is -0.453. The molecule has 4 nitrogen and oxygen atoms in total. The third-order valence-electron chi connectivity index (χ3n) is 5.57. The van der Waals surface area contributed by atoms with Crippen molar-refractivity contribution in [2.45, 2.75) is 25.0 Å². The Bertz CT molecular complexity index is 1370. The second-order valence-electron chi connectivity index (χ2n) is 8.32. The second kappa shape index (κ2) is 10.8. The fourth-order valence-corrected chi connectivity index (χ4v) is 3.74. The van der Waals surface area contributed by atoms with Crippen LogP contribution in [0.25, 0.3) is 11.3 Å². The van der Waals surface area contributed by atoms with Gasteiger partial charge in [-0.3, -0.25) is 0 Å². The van der Waals surface area contributed by atoms with Crippen molar-refractivity contribution in [3.63, 3.8) is 0 Å². The van der Waals surface area contributed by atoms with Crippen molar-refractivity contribution in [1.82, 2.24) is 0 Å². The summed E-state index contributed by atoms with van der Waals surface area (Å²) in [7, 11) is 0. The van der Waals surface area contributed by atoms with E-state index in [1.54, 1.807) is 36.4 Å². The van der Waals surface area contributed by atoms with Gasteiger partial charge in [0.1, 0.15) is 23.1 Å². The number of benzene rings is 3. The normalized spacial score (nSPS) is 12.8. The number of aliphatic hydroxyl groups excluding tert-OH is 1. The Morgan fingerprint density at radius 3 is 2.18 bits per heavy atom. The van der Waals surface area contributed by atoms with Crippen LogP contribution in [0.2, 0.25) is 0 Å². The number of ether oxygens (including phenoxy) is 1. The maximum absolute atomic E-state index is 14.7. The van der Waals surface area contributed by atoms with E-state index in [4.69, 9.17) is 9.15 Å². The van der Waals surface area contributed by atoms with Crippen molar-refractivity contribution in [3.05, 3.63) is 102 Å². The van der Waals surface area contributed by atoms with Crippen molar-refractivity contribution < 1.29 is 45.0 Å². The van der Waals surface area contributed by atoms with Gasteiger partial charge in [-0.05, 0) is 42.5 Å². The monoisotopic (exact) mass is 539 g/mol. The van der Waals surface area contributed by atoms with Crippen LogP contribution in [-0.4, -0.2) is 23.9 Å². The zero-order chi connectivity index (χ0) is 27.5. The van der Waals surface area contributed by atoms with Gasteiger partial charge in [-0.1, -0.05) is 30.3 Å². The second-order valence-corrected chi connectivity index (χ2v) is 8.32. The first-order chi connectivity index (χ1) is 17.9. The number of halogens is 7. The minimum absolute atomic E-state index is 0.0600. The molecule has 4 rings (SSSR count). The highest BCUT2D eigenvalue weighted by Gasteiger charge is 2.40. The van der Waals surface area contributed by atoms with Gasteiger partial charge in [0.15, 0.2) is 6.10 Å². The van der Waals surface area contributed by atoms with E-state index in [2.05, 4.69) is 0 Å². The molecular formula is C27H20F7NO3. The lowest BCUT2D eigenvalue weighted by Gasteiger charge is -2.29. The standard InChI is InChI=1S/C27H20F7NO3/c28-25-18(6-2-10-22(25)26(29,30)31)15-35(16-24(36)27(32,33)34)19-7-3-9-21(14-19)38-20-8-1-5-17(13-20)23-11-4-12-37-23/h1-14,24,36H,15-16H2/t24-/m0/s1. The molecule has 11 heteroatoms. The molecule has 1 N–H and O–H groups in total. The van der Waals surface area contributed by atoms with E-state index in [9.17, 15) is 35.8 Å². The molecule has 0 bridgehead atoms. The topological polar surface area (TPSA) is 45.8 Å². The molecule has 0 spiro atoms. The minimum atomic E-state index is -5.01. The lowest BCUT2D eigenvalue weighted by atomic mass is 10.1. The van der Waals surface area contributed by atoms with Gasteiger partial charge in [-0.15, -0.1) is 0 Å². The van der Waals surface area contributed by atoms with Crippen LogP contribution in [0.3, 0.4) is 0 Å². The predicted molar refractivity (Wildman–Crippen MR) is 125 cm³/mol. The zero-order valence-corrected chi connectivity index (χ0v) is 19.4. The third kappa shape index (κ3) is 6.46. The molecule has 200 valence electrons. The number of alkyl halides is 6. The number of hydrogen-bond donors (Lipinski definition) is 1. The molecule has 0 radical (unpaired) electrons. The largest absolute Gasteiger partial charge is 0.464 e. The lowest BCUT2D eigenvalue weighted by molar-refractivity contribution is -0.200. The van der Waals surface area contributed by atoms with Gasteiger partial charge < -0.3 is 19.2 Å². The molecule has 0 saturated carbocycles. The first-order valence-corrected chi connectivity index (χ1v) is 11.2. The Balaban J connectivity index is 1.64. The molecule has 0 aliphatic heterocycles. The average Bonchev–Trinajstić information content (AvgIpc) is 3.39. The molecule has 4 aromatic rings. The van der Waals surface area contributed by atoms with Crippen LogP contribution in [0, 0.1) is 5.82 Å². The van der Waals surface area contributed by atoms with Crippen LogP contribution < -0.4 is 9.64 Å². The molecule has 0 saturated heterocycles. The van der Waals surface area contributed by atoms with Crippen molar-refractivity contribution >= 4 is 5.69 Å². The molecular weight excluding hydrogens is 519 g/mol. The highest BCUT2D eigenvalue weighted by molar-refractivity contribution is 5.60. The fourth-order valence-electron chi connectivity index (χ4n) is 3.74.